The molecule has 3 aromatic rings. The summed E-state index contributed by atoms with van der Waals surface area (Å²) in [6, 6.07) is 0.735. The van der Waals surface area contributed by atoms with Gasteiger partial charge in [0.15, 0.2) is 0 Å². The number of rotatable bonds is 5. The third-order valence-corrected chi connectivity index (χ3v) is 10.4. The van der Waals surface area contributed by atoms with Crippen molar-refractivity contribution in [2.45, 2.75) is 55.6 Å². The molecule has 0 N–H and O–H groups in total. The fraction of sp³-hybridized carbons (Fsp3) is 0.452. The first kappa shape index (κ1) is 32.7. The van der Waals surface area contributed by atoms with Crippen LogP contribution in [-0.2, 0) is 11.0 Å². The molecule has 2 saturated heterocycles. The van der Waals surface area contributed by atoms with Gasteiger partial charge in [-0.15, -0.1) is 11.8 Å². The molecule has 1 aromatic heterocycles. The number of aromatic nitrogens is 2. The average Bonchev–Trinajstić information content (AvgIpc) is 3.39. The van der Waals surface area contributed by atoms with Crippen LogP contribution < -0.4 is 10.6 Å². The highest BCUT2D eigenvalue weighted by molar-refractivity contribution is 7.99. The lowest BCUT2D eigenvalue weighted by Crippen LogP contribution is -2.58. The Hall–Kier alpha value is -3.23. The Morgan fingerprint density at radius 1 is 1.13 bits per heavy atom. The quantitative estimate of drug-likeness (QED) is 0.178. The molecule has 0 bridgehead atoms. The van der Waals surface area contributed by atoms with Crippen molar-refractivity contribution in [1.82, 2.24) is 19.4 Å². The largest absolute Gasteiger partial charge is 0.417 e. The molecule has 46 heavy (non-hydrogen) atoms. The standard InChI is InChI=1S/C31H30ClF6N5O2S/c1-4-25(44)42-15(2)10-41(11-16(42)3)29-20-7-21(31(36,37)38)26(19-8-22(32)24(35)9-23(19)34)28-27(20)43(30(45)39-29)18(14-46-28)13-40-6-5-17(33)12-40/h4,7-9,15-18H,1,5-6,10-14H2,2-3H3/t15-,16+,17-,18-/m0/s1. The lowest BCUT2D eigenvalue weighted by atomic mass is 9.95. The van der Waals surface area contributed by atoms with Crippen LogP contribution in [0.15, 0.2) is 40.5 Å². The Morgan fingerprint density at radius 3 is 2.43 bits per heavy atom. The van der Waals surface area contributed by atoms with Crippen molar-refractivity contribution in [3.05, 3.63) is 63.6 Å². The fourth-order valence-corrected chi connectivity index (χ4v) is 8.44. The van der Waals surface area contributed by atoms with Crippen LogP contribution in [0.1, 0.15) is 31.9 Å². The number of carbonyl (C=O) groups is 1. The minimum Gasteiger partial charge on any atom is -0.352 e. The zero-order valence-corrected chi connectivity index (χ0v) is 26.5. The van der Waals surface area contributed by atoms with Crippen LogP contribution in [0.3, 0.4) is 0 Å². The molecule has 4 atom stereocenters. The van der Waals surface area contributed by atoms with Crippen LogP contribution in [0.2, 0.25) is 5.02 Å². The fourth-order valence-electron chi connectivity index (χ4n) is 6.96. The highest BCUT2D eigenvalue weighted by Gasteiger charge is 2.41. The SMILES string of the molecule is C=CC(=O)N1[C@H](C)CN(c2nc(=O)n3c4c(c(-c5cc(Cl)c(F)cc5F)c(C(F)(F)F)cc24)SC[C@@H]3CN2CC[C@H](F)C2)C[C@@H]1C. The van der Waals surface area contributed by atoms with Crippen LogP contribution >= 0.6 is 23.4 Å². The van der Waals surface area contributed by atoms with Gasteiger partial charge >= 0.3 is 11.9 Å². The Labute approximate surface area is 269 Å². The maximum Gasteiger partial charge on any atom is 0.417 e. The van der Waals surface area contributed by atoms with E-state index in [1.807, 2.05) is 4.90 Å². The van der Waals surface area contributed by atoms with Gasteiger partial charge in [0, 0.05) is 78.0 Å². The molecule has 2 fully saturated rings. The summed E-state index contributed by atoms with van der Waals surface area (Å²) in [5, 5.41) is -0.544. The molecule has 0 aliphatic carbocycles. The first-order valence-corrected chi connectivity index (χ1v) is 16.1. The molecule has 6 rings (SSSR count). The molecule has 2 aromatic carbocycles. The number of benzene rings is 2. The lowest BCUT2D eigenvalue weighted by molar-refractivity contribution is -0.137. The van der Waals surface area contributed by atoms with Crippen LogP contribution in [0.4, 0.5) is 32.2 Å². The molecule has 7 nitrogen and oxygen atoms in total. The number of anilines is 1. The van der Waals surface area contributed by atoms with Gasteiger partial charge in [0.25, 0.3) is 0 Å². The number of likely N-dealkylation sites (tertiary alicyclic amines) is 1. The molecule has 1 amide bonds. The molecular formula is C31H30ClF6N5O2S. The number of halogens is 7. The van der Waals surface area contributed by atoms with E-state index >= 15 is 4.39 Å². The van der Waals surface area contributed by atoms with Crippen molar-refractivity contribution in [3.63, 3.8) is 0 Å². The van der Waals surface area contributed by atoms with Crippen LogP contribution in [-0.4, -0.2) is 82.0 Å². The summed E-state index contributed by atoms with van der Waals surface area (Å²) in [6.45, 7) is 8.32. The van der Waals surface area contributed by atoms with E-state index in [9.17, 15) is 31.5 Å². The zero-order chi connectivity index (χ0) is 33.2. The molecule has 0 saturated carbocycles. The minimum atomic E-state index is -5.00. The number of amides is 1. The second-order valence-corrected chi connectivity index (χ2v) is 13.5. The normalized spacial score (nSPS) is 23.8. The molecule has 4 heterocycles. The smallest absolute Gasteiger partial charge is 0.352 e. The summed E-state index contributed by atoms with van der Waals surface area (Å²) in [7, 11) is 0. The Kier molecular flexibility index (Phi) is 8.60. The van der Waals surface area contributed by atoms with Gasteiger partial charge in [-0.25, -0.2) is 18.0 Å². The Morgan fingerprint density at radius 2 is 1.83 bits per heavy atom. The van der Waals surface area contributed by atoms with Crippen molar-refractivity contribution in [3.8, 4) is 11.1 Å². The van der Waals surface area contributed by atoms with Crippen LogP contribution in [0.25, 0.3) is 22.0 Å². The van der Waals surface area contributed by atoms with Gasteiger partial charge in [0.2, 0.25) is 5.91 Å². The van der Waals surface area contributed by atoms with Crippen LogP contribution in [0.5, 0.6) is 0 Å². The lowest BCUT2D eigenvalue weighted by Gasteiger charge is -2.45. The van der Waals surface area contributed by atoms with E-state index in [1.165, 1.54) is 10.6 Å². The topological polar surface area (TPSA) is 61.7 Å². The maximum absolute atomic E-state index is 15.3. The van der Waals surface area contributed by atoms with E-state index in [-0.39, 0.29) is 59.5 Å². The number of carbonyl (C=O) groups excluding carboxylic acids is 1. The van der Waals surface area contributed by atoms with Gasteiger partial charge in [-0.2, -0.15) is 18.2 Å². The van der Waals surface area contributed by atoms with E-state index < -0.39 is 69.5 Å². The van der Waals surface area contributed by atoms with Crippen LogP contribution in [0, 0.1) is 11.6 Å². The number of piperazine rings is 1. The van der Waals surface area contributed by atoms with E-state index in [1.54, 1.807) is 23.6 Å². The van der Waals surface area contributed by atoms with Crippen molar-refractivity contribution in [1.29, 1.82) is 0 Å². The molecule has 0 unspecified atom stereocenters. The molecule has 15 heteroatoms. The average molecular weight is 686 g/mol. The molecule has 0 spiro atoms. The van der Waals surface area contributed by atoms with Gasteiger partial charge in [-0.05, 0) is 38.5 Å². The number of hydrogen-bond donors (Lipinski definition) is 0. The van der Waals surface area contributed by atoms with Crippen molar-refractivity contribution in [2.24, 2.45) is 0 Å². The predicted molar refractivity (Wildman–Crippen MR) is 165 cm³/mol. The molecular weight excluding hydrogens is 656 g/mol. The van der Waals surface area contributed by atoms with Gasteiger partial charge in [0.1, 0.15) is 23.6 Å². The molecule has 3 aliphatic heterocycles. The third-order valence-electron chi connectivity index (χ3n) is 8.85. The number of hydrogen-bond acceptors (Lipinski definition) is 6. The van der Waals surface area contributed by atoms with Crippen molar-refractivity contribution < 1.29 is 31.1 Å². The minimum absolute atomic E-state index is 0.00260. The molecule has 3 aliphatic rings. The second kappa shape index (κ2) is 12.1. The summed E-state index contributed by atoms with van der Waals surface area (Å²) < 4.78 is 89.6. The van der Waals surface area contributed by atoms with Gasteiger partial charge in [-0.1, -0.05) is 18.2 Å². The maximum atomic E-state index is 15.3. The second-order valence-electron chi connectivity index (χ2n) is 12.0. The Bertz CT molecular complexity index is 1790. The Balaban J connectivity index is 1.62. The number of alkyl halides is 4. The summed E-state index contributed by atoms with van der Waals surface area (Å²) in [4.78, 5) is 35.9. The molecule has 246 valence electrons. The predicted octanol–water partition coefficient (Wildman–Crippen LogP) is 6.32. The first-order valence-electron chi connectivity index (χ1n) is 14.7. The molecule has 0 radical (unpaired) electrons. The summed E-state index contributed by atoms with van der Waals surface area (Å²) in [5.74, 6) is -2.55. The summed E-state index contributed by atoms with van der Waals surface area (Å²) in [6.07, 6.45) is -4.50. The highest BCUT2D eigenvalue weighted by atomic mass is 35.5. The summed E-state index contributed by atoms with van der Waals surface area (Å²) in [5.41, 5.74) is -2.91. The highest BCUT2D eigenvalue weighted by Crippen LogP contribution is 2.51. The van der Waals surface area contributed by atoms with E-state index in [0.717, 1.165) is 23.9 Å². The van der Waals surface area contributed by atoms with E-state index in [0.29, 0.717) is 19.0 Å². The monoisotopic (exact) mass is 685 g/mol. The summed E-state index contributed by atoms with van der Waals surface area (Å²) >= 11 is 6.97. The third kappa shape index (κ3) is 5.66. The van der Waals surface area contributed by atoms with Gasteiger partial charge in [0.05, 0.1) is 22.1 Å². The number of nitrogens with zero attached hydrogens (tertiary/aromatic N) is 5. The van der Waals surface area contributed by atoms with Gasteiger partial charge in [-0.3, -0.25) is 14.3 Å². The van der Waals surface area contributed by atoms with E-state index in [2.05, 4.69) is 11.6 Å². The number of thioether (sulfide) groups is 1. The van der Waals surface area contributed by atoms with E-state index in [4.69, 9.17) is 11.6 Å². The van der Waals surface area contributed by atoms with Gasteiger partial charge < -0.3 is 9.80 Å². The zero-order valence-electron chi connectivity index (χ0n) is 24.9. The van der Waals surface area contributed by atoms with Crippen molar-refractivity contribution in [2.75, 3.05) is 43.4 Å². The first-order chi connectivity index (χ1) is 21.7. The van der Waals surface area contributed by atoms with Crippen molar-refractivity contribution >= 4 is 46.0 Å².